The SMILES string of the molecule is COC(=O)c1ccc(C2C3=C(N=c4sc(=Cc5c(C)[nH]c6ccccc56)c(=O)n42)c2ccccc2CC3)cc1. The number of nitrogens with zero attached hydrogens (tertiary/aromatic N) is 2. The Morgan fingerprint density at radius 1 is 1.05 bits per heavy atom. The number of ether oxygens (including phenoxy) is 1. The molecule has 0 fully saturated rings. The van der Waals surface area contributed by atoms with Gasteiger partial charge in [0, 0.05) is 27.7 Å². The van der Waals surface area contributed by atoms with E-state index in [4.69, 9.17) is 9.73 Å². The van der Waals surface area contributed by atoms with Gasteiger partial charge in [-0.2, -0.15) is 0 Å². The van der Waals surface area contributed by atoms with Crippen molar-refractivity contribution < 1.29 is 9.53 Å². The number of esters is 1. The van der Waals surface area contributed by atoms with Crippen LogP contribution in [0.1, 0.15) is 50.8 Å². The van der Waals surface area contributed by atoms with E-state index >= 15 is 0 Å². The summed E-state index contributed by atoms with van der Waals surface area (Å²) in [6, 6.07) is 23.6. The fourth-order valence-electron chi connectivity index (χ4n) is 5.86. The van der Waals surface area contributed by atoms with Gasteiger partial charge in [-0.25, -0.2) is 9.79 Å². The maximum absolute atomic E-state index is 14.1. The second-order valence-electron chi connectivity index (χ2n) is 9.94. The molecule has 39 heavy (non-hydrogen) atoms. The van der Waals surface area contributed by atoms with Crippen molar-refractivity contribution in [2.75, 3.05) is 7.11 Å². The molecule has 5 aromatic rings. The molecule has 1 N–H and O–H groups in total. The third-order valence-corrected chi connectivity index (χ3v) is 8.72. The van der Waals surface area contributed by atoms with E-state index < -0.39 is 0 Å². The Labute approximate surface area is 228 Å². The summed E-state index contributed by atoms with van der Waals surface area (Å²) >= 11 is 1.42. The number of aryl methyl sites for hydroxylation is 2. The Kier molecular flexibility index (Phi) is 5.49. The van der Waals surface area contributed by atoms with E-state index in [0.717, 1.165) is 57.4 Å². The number of rotatable bonds is 3. The monoisotopic (exact) mass is 531 g/mol. The summed E-state index contributed by atoms with van der Waals surface area (Å²) in [6.45, 7) is 2.03. The maximum Gasteiger partial charge on any atom is 0.337 e. The Morgan fingerprint density at radius 3 is 2.64 bits per heavy atom. The van der Waals surface area contributed by atoms with Crippen LogP contribution in [0, 0.1) is 6.92 Å². The zero-order valence-electron chi connectivity index (χ0n) is 21.5. The fourth-order valence-corrected chi connectivity index (χ4v) is 6.84. The van der Waals surface area contributed by atoms with Crippen LogP contribution >= 0.6 is 11.3 Å². The van der Waals surface area contributed by atoms with E-state index in [9.17, 15) is 9.59 Å². The Hall–Kier alpha value is -4.49. The summed E-state index contributed by atoms with van der Waals surface area (Å²) in [5.41, 5.74) is 8.92. The van der Waals surface area contributed by atoms with Crippen LogP contribution in [0.5, 0.6) is 0 Å². The van der Waals surface area contributed by atoms with Gasteiger partial charge in [0.25, 0.3) is 5.56 Å². The van der Waals surface area contributed by atoms with Gasteiger partial charge >= 0.3 is 5.97 Å². The van der Waals surface area contributed by atoms with Gasteiger partial charge in [0.05, 0.1) is 28.9 Å². The molecule has 0 saturated heterocycles. The van der Waals surface area contributed by atoms with Crippen LogP contribution in [0.2, 0.25) is 0 Å². The highest BCUT2D eigenvalue weighted by Crippen LogP contribution is 2.41. The first-order valence-corrected chi connectivity index (χ1v) is 13.7. The van der Waals surface area contributed by atoms with Gasteiger partial charge in [-0.3, -0.25) is 9.36 Å². The van der Waals surface area contributed by atoms with Crippen LogP contribution < -0.4 is 14.9 Å². The highest BCUT2D eigenvalue weighted by molar-refractivity contribution is 7.07. The average molecular weight is 532 g/mol. The Balaban J connectivity index is 1.47. The van der Waals surface area contributed by atoms with Gasteiger partial charge in [0.15, 0.2) is 4.80 Å². The number of H-pyrrole nitrogens is 1. The van der Waals surface area contributed by atoms with E-state index in [1.54, 1.807) is 12.1 Å². The van der Waals surface area contributed by atoms with E-state index in [0.29, 0.717) is 14.9 Å². The summed E-state index contributed by atoms with van der Waals surface area (Å²) in [4.78, 5) is 35.4. The highest BCUT2D eigenvalue weighted by atomic mass is 32.1. The molecule has 1 aliphatic carbocycles. The van der Waals surface area contributed by atoms with Crippen molar-refractivity contribution >= 4 is 40.0 Å². The molecule has 0 spiro atoms. The Bertz CT molecular complexity index is 2010. The first-order valence-electron chi connectivity index (χ1n) is 12.9. The predicted molar refractivity (Wildman–Crippen MR) is 154 cm³/mol. The first kappa shape index (κ1) is 23.6. The Morgan fingerprint density at radius 2 is 1.82 bits per heavy atom. The molecule has 1 unspecified atom stereocenters. The molecule has 6 nitrogen and oxygen atoms in total. The molecule has 3 aromatic carbocycles. The average Bonchev–Trinajstić information content (AvgIpc) is 3.46. The number of nitrogens with one attached hydrogen (secondary N) is 1. The van der Waals surface area contributed by atoms with Gasteiger partial charge < -0.3 is 9.72 Å². The standard InChI is InChI=1S/C32H25N3O3S/c1-18-25(23-9-5-6-10-26(23)33-18)17-27-30(36)35-29(20-11-13-21(14-12-20)31(37)38-2)24-16-15-19-7-3-4-8-22(19)28(24)34-32(35)39-27/h3-14,17,29,33H,15-16H2,1-2H3. The van der Waals surface area contributed by atoms with Crippen molar-refractivity contribution in [2.45, 2.75) is 25.8 Å². The molecular formula is C32H25N3O3S. The van der Waals surface area contributed by atoms with Gasteiger partial charge in [-0.15, -0.1) is 0 Å². The molecule has 0 amide bonds. The number of fused-ring (bicyclic) bond motifs is 4. The van der Waals surface area contributed by atoms with E-state index in [2.05, 4.69) is 29.2 Å². The molecule has 1 atom stereocenters. The van der Waals surface area contributed by atoms with E-state index in [-0.39, 0.29) is 17.6 Å². The van der Waals surface area contributed by atoms with Crippen molar-refractivity contribution in [1.82, 2.24) is 9.55 Å². The summed E-state index contributed by atoms with van der Waals surface area (Å²) in [5.74, 6) is -0.383. The summed E-state index contributed by atoms with van der Waals surface area (Å²) in [6.07, 6.45) is 3.69. The number of para-hydroxylation sites is 1. The van der Waals surface area contributed by atoms with Crippen LogP contribution in [-0.2, 0) is 11.2 Å². The summed E-state index contributed by atoms with van der Waals surface area (Å²) in [5, 5.41) is 1.09. The molecule has 3 heterocycles. The maximum atomic E-state index is 14.1. The highest BCUT2D eigenvalue weighted by Gasteiger charge is 2.32. The molecule has 2 aromatic heterocycles. The molecule has 0 saturated carbocycles. The number of thiazole rings is 1. The van der Waals surface area contributed by atoms with Gasteiger partial charge in [-0.1, -0.05) is 65.9 Å². The number of hydrogen-bond acceptors (Lipinski definition) is 5. The second-order valence-corrected chi connectivity index (χ2v) is 10.9. The zero-order chi connectivity index (χ0) is 26.7. The minimum Gasteiger partial charge on any atom is -0.465 e. The lowest BCUT2D eigenvalue weighted by atomic mass is 9.83. The van der Waals surface area contributed by atoms with Crippen molar-refractivity contribution in [2.24, 2.45) is 4.99 Å². The predicted octanol–water partition coefficient (Wildman–Crippen LogP) is 4.90. The van der Waals surface area contributed by atoms with Crippen LogP contribution in [0.25, 0.3) is 22.7 Å². The van der Waals surface area contributed by atoms with Crippen molar-refractivity contribution in [3.63, 3.8) is 0 Å². The molecule has 2 aliphatic rings. The third-order valence-electron chi connectivity index (χ3n) is 7.74. The smallest absolute Gasteiger partial charge is 0.337 e. The molecule has 0 bridgehead atoms. The molecule has 1 aliphatic heterocycles. The first-order chi connectivity index (χ1) is 19.0. The van der Waals surface area contributed by atoms with Crippen molar-refractivity contribution in [3.05, 3.63) is 132 Å². The lowest BCUT2D eigenvalue weighted by molar-refractivity contribution is 0.0600. The quantitative estimate of drug-likeness (QED) is 0.337. The van der Waals surface area contributed by atoms with Crippen LogP contribution in [0.4, 0.5) is 0 Å². The van der Waals surface area contributed by atoms with Crippen LogP contribution in [0.3, 0.4) is 0 Å². The topological polar surface area (TPSA) is 76.4 Å². The minimum absolute atomic E-state index is 0.0594. The summed E-state index contributed by atoms with van der Waals surface area (Å²) in [7, 11) is 1.38. The lowest BCUT2D eigenvalue weighted by Crippen LogP contribution is -2.38. The number of aromatic amines is 1. The molecule has 7 heteroatoms. The number of allylic oxidation sites excluding steroid dienone is 1. The number of hydrogen-bond donors (Lipinski definition) is 1. The molecule has 0 radical (unpaired) electrons. The van der Waals surface area contributed by atoms with E-state index in [1.165, 1.54) is 24.0 Å². The van der Waals surface area contributed by atoms with Gasteiger partial charge in [0.1, 0.15) is 0 Å². The zero-order valence-corrected chi connectivity index (χ0v) is 22.3. The van der Waals surface area contributed by atoms with Crippen molar-refractivity contribution in [3.8, 4) is 0 Å². The van der Waals surface area contributed by atoms with Crippen LogP contribution in [-0.4, -0.2) is 22.6 Å². The van der Waals surface area contributed by atoms with Gasteiger partial charge in [0.2, 0.25) is 0 Å². The normalized spacial score (nSPS) is 16.5. The number of methoxy groups -OCH3 is 1. The van der Waals surface area contributed by atoms with E-state index in [1.807, 2.05) is 54.0 Å². The molecule has 7 rings (SSSR count). The number of benzene rings is 3. The fraction of sp³-hybridized carbons (Fsp3) is 0.156. The van der Waals surface area contributed by atoms with Crippen LogP contribution in [0.15, 0.2) is 88.2 Å². The minimum atomic E-state index is -0.383. The number of aromatic nitrogens is 2. The second kappa shape index (κ2) is 9.06. The number of carbonyl (C=O) groups excluding carboxylic acids is 1. The van der Waals surface area contributed by atoms with Crippen molar-refractivity contribution in [1.29, 1.82) is 0 Å². The third kappa shape index (κ3) is 3.72. The summed E-state index contributed by atoms with van der Waals surface area (Å²) < 4.78 is 7.37. The number of carbonyl (C=O) groups is 1. The molecular weight excluding hydrogens is 506 g/mol. The van der Waals surface area contributed by atoms with Gasteiger partial charge in [-0.05, 0) is 60.7 Å². The lowest BCUT2D eigenvalue weighted by Gasteiger charge is -2.30. The largest absolute Gasteiger partial charge is 0.465 e. The molecule has 192 valence electrons.